The van der Waals surface area contributed by atoms with E-state index in [4.69, 9.17) is 9.47 Å². The van der Waals surface area contributed by atoms with Crippen molar-refractivity contribution in [3.8, 4) is 17.2 Å². The second kappa shape index (κ2) is 16.4. The van der Waals surface area contributed by atoms with Crippen LogP contribution in [-0.2, 0) is 0 Å². The van der Waals surface area contributed by atoms with Crippen LogP contribution in [0.4, 0.5) is 0 Å². The summed E-state index contributed by atoms with van der Waals surface area (Å²) in [5.74, 6) is 1.49. The van der Waals surface area contributed by atoms with E-state index in [0.29, 0.717) is 0 Å². The van der Waals surface area contributed by atoms with Gasteiger partial charge in [-0.3, -0.25) is 0 Å². The highest BCUT2D eigenvalue weighted by Gasteiger charge is 2.37. The van der Waals surface area contributed by atoms with Crippen molar-refractivity contribution in [2.75, 3.05) is 14.2 Å². The molecule has 9 aromatic rings. The fraction of sp³-hybridized carbons (Fsp3) is 0.0714. The molecule has 1 heterocycles. The van der Waals surface area contributed by atoms with E-state index < -0.39 is 20.1 Å². The Morgan fingerprint density at radius 1 is 0.410 bits per heavy atom. The largest absolute Gasteiger partial charge is 0.497 e. The number of fused-ring (bicyclic) bond motifs is 3. The molecule has 61 heavy (non-hydrogen) atoms. The fourth-order valence-corrected chi connectivity index (χ4v) is 17.2. The van der Waals surface area contributed by atoms with Gasteiger partial charge in [-0.15, -0.1) is 20.1 Å². The molecule has 0 atom stereocenters. The van der Waals surface area contributed by atoms with E-state index in [0.717, 1.165) is 41.1 Å². The quantitative estimate of drug-likeness (QED) is 0.130. The van der Waals surface area contributed by atoms with Gasteiger partial charge in [-0.2, -0.15) is 0 Å². The number of nitrogens with zero attached hydrogens (tertiary/aromatic N) is 1. The van der Waals surface area contributed by atoms with Crippen molar-refractivity contribution in [3.05, 3.63) is 229 Å². The average Bonchev–Trinajstić information content (AvgIpc) is 3.67. The van der Waals surface area contributed by atoms with Gasteiger partial charge in [0, 0.05) is 63.2 Å². The van der Waals surface area contributed by atoms with Crippen LogP contribution in [-0.4, -0.2) is 18.8 Å². The summed E-state index contributed by atoms with van der Waals surface area (Å²) in [5.41, 5.74) is 3.22. The zero-order chi connectivity index (χ0) is 41.2. The number of hydrogen-bond donors (Lipinski definition) is 0. The normalized spacial score (nSPS) is 13.5. The Hall–Kier alpha value is -6.66. The first kappa shape index (κ1) is 38.5. The summed E-state index contributed by atoms with van der Waals surface area (Å²) < 4.78 is 14.1. The van der Waals surface area contributed by atoms with Crippen molar-refractivity contribution >= 4 is 41.9 Å². The lowest BCUT2D eigenvalue weighted by Gasteiger charge is -2.44. The zero-order valence-corrected chi connectivity index (χ0v) is 36.0. The van der Waals surface area contributed by atoms with Gasteiger partial charge in [0.05, 0.1) is 30.9 Å². The first-order chi connectivity index (χ1) is 30.2. The first-order valence-corrected chi connectivity index (χ1v) is 24.0. The summed E-state index contributed by atoms with van der Waals surface area (Å²) in [6, 6.07) is 76.4. The predicted octanol–water partition coefficient (Wildman–Crippen LogP) is 15.7. The Labute approximate surface area is 361 Å². The molecule has 0 fully saturated rings. The van der Waals surface area contributed by atoms with Crippen molar-refractivity contribution in [1.29, 1.82) is 0 Å². The number of rotatable bonds is 11. The van der Waals surface area contributed by atoms with Crippen LogP contribution in [0.15, 0.2) is 264 Å². The number of benzene rings is 8. The second-order valence-corrected chi connectivity index (χ2v) is 21.4. The number of ether oxygens (including phenoxy) is 2. The van der Waals surface area contributed by atoms with Crippen molar-refractivity contribution in [2.24, 2.45) is 0 Å². The molecule has 0 spiro atoms. The molecule has 3 nitrogen and oxygen atoms in total. The summed E-state index contributed by atoms with van der Waals surface area (Å²) in [4.78, 5) is 10.6. The Morgan fingerprint density at radius 3 is 1.18 bits per heavy atom. The molecule has 0 N–H and O–H groups in total. The molecule has 0 saturated carbocycles. The lowest BCUT2D eigenvalue weighted by Crippen LogP contribution is -2.08. The monoisotopic (exact) mass is 829 g/mol. The van der Waals surface area contributed by atoms with Gasteiger partial charge in [0.2, 0.25) is 0 Å². The van der Waals surface area contributed by atoms with Crippen molar-refractivity contribution in [3.63, 3.8) is 0 Å². The third-order valence-electron chi connectivity index (χ3n) is 11.9. The minimum Gasteiger partial charge on any atom is -0.497 e. The Bertz CT molecular complexity index is 2880. The number of allylic oxidation sites excluding steroid dienone is 4. The summed E-state index contributed by atoms with van der Waals surface area (Å²) in [7, 11) is -0.393. The molecule has 10 rings (SSSR count). The van der Waals surface area contributed by atoms with E-state index in [1.165, 1.54) is 49.9 Å². The standard InChI is InChI=1S/C56H47NO2S2/c1-58-43-37-42(38-44(39-43)59-2)57-55-35-33-51(60(45-21-9-3-10-22-45,46-23-11-4-12-24-46)47-25-13-5-14-26-47)40-53(55)54-41-52(34-36-56(54)57)61(48-27-15-6-16-28-48,49-29-17-7-18-30-49)50-31-19-8-20-32-50/h3-19,21-31,33-41H,20,32H2,1-2H3. The molecule has 0 saturated heterocycles. The maximum Gasteiger partial charge on any atom is 0.124 e. The van der Waals surface area contributed by atoms with Crippen molar-refractivity contribution in [1.82, 2.24) is 4.57 Å². The minimum atomic E-state index is -1.95. The maximum absolute atomic E-state index is 5.86. The summed E-state index contributed by atoms with van der Waals surface area (Å²) in [6.45, 7) is 0. The molecule has 0 radical (unpaired) electrons. The van der Waals surface area contributed by atoms with Gasteiger partial charge in [-0.05, 0) is 115 Å². The lowest BCUT2D eigenvalue weighted by atomic mass is 10.1. The van der Waals surface area contributed by atoms with Gasteiger partial charge in [-0.25, -0.2) is 0 Å². The van der Waals surface area contributed by atoms with E-state index in [9.17, 15) is 0 Å². The number of hydrogen-bond acceptors (Lipinski definition) is 2. The highest BCUT2D eigenvalue weighted by Crippen LogP contribution is 2.76. The zero-order valence-electron chi connectivity index (χ0n) is 34.4. The van der Waals surface area contributed by atoms with Crippen LogP contribution in [0.3, 0.4) is 0 Å². The molecule has 1 aliphatic rings. The van der Waals surface area contributed by atoms with Crippen molar-refractivity contribution < 1.29 is 9.47 Å². The third kappa shape index (κ3) is 6.48. The van der Waals surface area contributed by atoms with Gasteiger partial charge >= 0.3 is 0 Å². The Kier molecular flexibility index (Phi) is 10.4. The topological polar surface area (TPSA) is 23.4 Å². The van der Waals surface area contributed by atoms with Crippen LogP contribution in [0.25, 0.3) is 27.5 Å². The highest BCUT2D eigenvalue weighted by molar-refractivity contribution is 8.37. The molecule has 5 heteroatoms. The molecule has 0 bridgehead atoms. The van der Waals surface area contributed by atoms with Crippen LogP contribution in [0.5, 0.6) is 11.5 Å². The molecule has 0 unspecified atom stereocenters. The Balaban J connectivity index is 1.35. The first-order valence-electron chi connectivity index (χ1n) is 20.8. The molecule has 0 amide bonds. The second-order valence-electron chi connectivity index (χ2n) is 15.2. The Morgan fingerprint density at radius 2 is 0.803 bits per heavy atom. The minimum absolute atomic E-state index is 0.743. The van der Waals surface area contributed by atoms with Gasteiger partial charge in [-0.1, -0.05) is 109 Å². The van der Waals surface area contributed by atoms with Gasteiger partial charge in [0.15, 0.2) is 0 Å². The molecule has 1 aliphatic carbocycles. The van der Waals surface area contributed by atoms with E-state index in [1.54, 1.807) is 14.2 Å². The summed E-state index contributed by atoms with van der Waals surface area (Å²) in [5, 5.41) is 2.40. The molecular formula is C56H47NO2S2. The van der Waals surface area contributed by atoms with E-state index in [-0.39, 0.29) is 0 Å². The summed E-state index contributed by atoms with van der Waals surface area (Å²) in [6.07, 6.45) is 8.97. The molecule has 1 aromatic heterocycles. The molecule has 0 aliphatic heterocycles. The van der Waals surface area contributed by atoms with E-state index in [1.807, 2.05) is 6.07 Å². The number of methoxy groups -OCH3 is 2. The SMILES string of the molecule is COc1cc(OC)cc(-n2c3ccc(S(C4=CC=CCC4)(c4ccccc4)c4ccccc4)cc3c3cc(S(c4ccccc4)(c4ccccc4)c4ccccc4)ccc32)c1. The molecular weight excluding hydrogens is 783 g/mol. The van der Waals surface area contributed by atoms with Crippen LogP contribution < -0.4 is 9.47 Å². The van der Waals surface area contributed by atoms with Crippen LogP contribution in [0.2, 0.25) is 0 Å². The van der Waals surface area contributed by atoms with Crippen molar-refractivity contribution in [2.45, 2.75) is 47.1 Å². The molecule has 300 valence electrons. The highest BCUT2D eigenvalue weighted by atomic mass is 32.3. The summed E-state index contributed by atoms with van der Waals surface area (Å²) >= 11 is 0. The third-order valence-corrected chi connectivity index (χ3v) is 19.8. The number of aromatic nitrogens is 1. The van der Waals surface area contributed by atoms with Crippen LogP contribution in [0.1, 0.15) is 12.8 Å². The van der Waals surface area contributed by atoms with Crippen LogP contribution >= 0.6 is 20.1 Å². The average molecular weight is 830 g/mol. The van der Waals surface area contributed by atoms with Gasteiger partial charge < -0.3 is 14.0 Å². The van der Waals surface area contributed by atoms with E-state index in [2.05, 4.69) is 223 Å². The lowest BCUT2D eigenvalue weighted by molar-refractivity contribution is 0.394. The predicted molar refractivity (Wildman–Crippen MR) is 256 cm³/mol. The van der Waals surface area contributed by atoms with Crippen LogP contribution in [0, 0.1) is 0 Å². The molecule has 8 aromatic carbocycles. The smallest absolute Gasteiger partial charge is 0.124 e. The van der Waals surface area contributed by atoms with Gasteiger partial charge in [0.1, 0.15) is 11.5 Å². The van der Waals surface area contributed by atoms with E-state index >= 15 is 0 Å². The fourth-order valence-electron chi connectivity index (χ4n) is 9.20. The maximum atomic E-state index is 5.86. The van der Waals surface area contributed by atoms with Gasteiger partial charge in [0.25, 0.3) is 0 Å².